The maximum atomic E-state index is 13.1. The van der Waals surface area contributed by atoms with Crippen LogP contribution in [0.2, 0.25) is 5.02 Å². The second kappa shape index (κ2) is 5.68. The predicted octanol–water partition coefficient (Wildman–Crippen LogP) is 5.32. The molecule has 3 aromatic carbocycles. The minimum absolute atomic E-state index is 0.0717. The highest BCUT2D eigenvalue weighted by Crippen LogP contribution is 2.31. The van der Waals surface area contributed by atoms with Gasteiger partial charge in [0.05, 0.1) is 16.4 Å². The number of para-hydroxylation sites is 1. The monoisotopic (exact) mass is 356 g/mol. The molecule has 0 atom stereocenters. The van der Waals surface area contributed by atoms with Crippen molar-refractivity contribution in [3.63, 3.8) is 0 Å². The molecule has 0 radical (unpaired) electrons. The third-order valence-corrected chi connectivity index (χ3v) is 4.88. The molecule has 0 unspecified atom stereocenters. The van der Waals surface area contributed by atoms with E-state index in [0.717, 1.165) is 22.0 Å². The number of fused-ring (bicyclic) bond motifs is 4. The van der Waals surface area contributed by atoms with Crippen LogP contribution in [0.1, 0.15) is 0 Å². The zero-order valence-corrected chi connectivity index (χ0v) is 14.4. The Morgan fingerprint density at radius 2 is 1.58 bits per heavy atom. The fourth-order valence-corrected chi connectivity index (χ4v) is 3.63. The molecule has 5 rings (SSSR count). The molecule has 124 valence electrons. The van der Waals surface area contributed by atoms with E-state index < -0.39 is 0 Å². The predicted molar refractivity (Wildman–Crippen MR) is 107 cm³/mol. The van der Waals surface area contributed by atoms with E-state index in [-0.39, 0.29) is 5.56 Å². The van der Waals surface area contributed by atoms with Gasteiger partial charge in [-0.1, -0.05) is 54.1 Å². The van der Waals surface area contributed by atoms with Crippen LogP contribution in [0.5, 0.6) is 0 Å². The maximum Gasteiger partial charge on any atom is 0.266 e. The van der Waals surface area contributed by atoms with Crippen molar-refractivity contribution in [1.29, 1.82) is 0 Å². The Kier molecular flexibility index (Phi) is 3.30. The van der Waals surface area contributed by atoms with E-state index >= 15 is 0 Å². The molecule has 26 heavy (non-hydrogen) atoms. The molecule has 3 nitrogen and oxygen atoms in total. The lowest BCUT2D eigenvalue weighted by molar-refractivity contribution is 1.13. The van der Waals surface area contributed by atoms with E-state index in [9.17, 15) is 4.79 Å². The molecule has 0 saturated heterocycles. The summed E-state index contributed by atoms with van der Waals surface area (Å²) in [6.45, 7) is 0. The van der Waals surface area contributed by atoms with Crippen molar-refractivity contribution in [1.82, 2.24) is 9.38 Å². The molecule has 2 aromatic heterocycles. The number of halogens is 1. The van der Waals surface area contributed by atoms with Crippen LogP contribution in [-0.4, -0.2) is 9.38 Å². The topological polar surface area (TPSA) is 34.4 Å². The highest BCUT2D eigenvalue weighted by Gasteiger charge is 2.13. The van der Waals surface area contributed by atoms with E-state index in [1.165, 1.54) is 0 Å². The maximum absolute atomic E-state index is 13.1. The first-order valence-electron chi connectivity index (χ1n) is 8.31. The van der Waals surface area contributed by atoms with Gasteiger partial charge in [0, 0.05) is 10.4 Å². The van der Waals surface area contributed by atoms with Gasteiger partial charge in [-0.05, 0) is 47.5 Å². The molecule has 5 aromatic rings. The molecule has 0 fully saturated rings. The number of aromatic nitrogens is 2. The first-order valence-corrected chi connectivity index (χ1v) is 8.69. The van der Waals surface area contributed by atoms with Crippen molar-refractivity contribution in [2.45, 2.75) is 0 Å². The Morgan fingerprint density at radius 1 is 0.808 bits per heavy atom. The fourth-order valence-electron chi connectivity index (χ4n) is 3.46. The van der Waals surface area contributed by atoms with Crippen molar-refractivity contribution in [3.8, 4) is 11.1 Å². The van der Waals surface area contributed by atoms with Gasteiger partial charge in [-0.3, -0.25) is 9.20 Å². The van der Waals surface area contributed by atoms with Crippen molar-refractivity contribution in [2.75, 3.05) is 0 Å². The van der Waals surface area contributed by atoms with Crippen LogP contribution in [0.25, 0.3) is 38.6 Å². The number of nitrogens with zero attached hydrogens (tertiary/aromatic N) is 2. The van der Waals surface area contributed by atoms with E-state index in [4.69, 9.17) is 16.6 Å². The number of hydrogen-bond donors (Lipinski definition) is 0. The van der Waals surface area contributed by atoms with Gasteiger partial charge in [0.25, 0.3) is 5.56 Å². The van der Waals surface area contributed by atoms with Gasteiger partial charge in [-0.2, -0.15) is 0 Å². The second-order valence-corrected chi connectivity index (χ2v) is 6.65. The van der Waals surface area contributed by atoms with Crippen molar-refractivity contribution in [3.05, 3.63) is 94.2 Å². The number of rotatable bonds is 1. The first kappa shape index (κ1) is 15.1. The summed E-state index contributed by atoms with van der Waals surface area (Å²) in [5, 5.41) is 2.17. The average Bonchev–Trinajstić information content (AvgIpc) is 2.68. The van der Waals surface area contributed by atoms with Gasteiger partial charge in [0.15, 0.2) is 0 Å². The van der Waals surface area contributed by atoms with Crippen LogP contribution in [0.3, 0.4) is 0 Å². The van der Waals surface area contributed by atoms with Crippen LogP contribution in [0, 0.1) is 0 Å². The summed E-state index contributed by atoms with van der Waals surface area (Å²) in [6.07, 6.45) is 0. The van der Waals surface area contributed by atoms with Gasteiger partial charge in [-0.25, -0.2) is 4.98 Å². The summed E-state index contributed by atoms with van der Waals surface area (Å²) in [5.41, 5.74) is 4.12. The minimum Gasteiger partial charge on any atom is -0.268 e. The smallest absolute Gasteiger partial charge is 0.266 e. The summed E-state index contributed by atoms with van der Waals surface area (Å²) in [4.78, 5) is 17.9. The molecular formula is C22H13ClN2O. The lowest BCUT2D eigenvalue weighted by Gasteiger charge is -2.13. The molecule has 0 aliphatic rings. The molecular weight excluding hydrogens is 344 g/mol. The van der Waals surface area contributed by atoms with Crippen LogP contribution in [0.4, 0.5) is 0 Å². The second-order valence-electron chi connectivity index (χ2n) is 6.21. The minimum atomic E-state index is -0.0717. The van der Waals surface area contributed by atoms with Gasteiger partial charge in [-0.15, -0.1) is 0 Å². The van der Waals surface area contributed by atoms with Gasteiger partial charge >= 0.3 is 0 Å². The van der Waals surface area contributed by atoms with Gasteiger partial charge < -0.3 is 0 Å². The molecule has 0 N–H and O–H groups in total. The third-order valence-electron chi connectivity index (χ3n) is 4.65. The summed E-state index contributed by atoms with van der Waals surface area (Å²) < 4.78 is 1.67. The Morgan fingerprint density at radius 3 is 2.42 bits per heavy atom. The van der Waals surface area contributed by atoms with Crippen LogP contribution in [0.15, 0.2) is 83.7 Å². The molecule has 4 heteroatoms. The van der Waals surface area contributed by atoms with E-state index in [1.807, 2.05) is 72.8 Å². The summed E-state index contributed by atoms with van der Waals surface area (Å²) in [5.74, 6) is 0. The van der Waals surface area contributed by atoms with E-state index in [0.29, 0.717) is 21.6 Å². The highest BCUT2D eigenvalue weighted by molar-refractivity contribution is 6.31. The summed E-state index contributed by atoms with van der Waals surface area (Å²) >= 11 is 6.26. The van der Waals surface area contributed by atoms with Crippen LogP contribution >= 0.6 is 11.6 Å². The Hall–Kier alpha value is -3.17. The molecule has 0 bridgehead atoms. The SMILES string of the molecule is O=c1c2ccccc2nc2cc(-c3ccccc3)c3cc(Cl)ccc3n12. The number of hydrogen-bond acceptors (Lipinski definition) is 2. The zero-order chi connectivity index (χ0) is 17.7. The lowest BCUT2D eigenvalue weighted by atomic mass is 10.0. The number of pyridine rings is 1. The Bertz CT molecular complexity index is 1360. The van der Waals surface area contributed by atoms with Crippen molar-refractivity contribution >= 4 is 39.1 Å². The largest absolute Gasteiger partial charge is 0.268 e. The first-order chi connectivity index (χ1) is 12.7. The Labute approximate surface area is 154 Å². The zero-order valence-electron chi connectivity index (χ0n) is 13.7. The van der Waals surface area contributed by atoms with E-state index in [1.54, 1.807) is 10.5 Å². The highest BCUT2D eigenvalue weighted by atomic mass is 35.5. The molecule has 0 spiro atoms. The molecule has 0 amide bonds. The molecule has 2 heterocycles. The number of benzene rings is 3. The standard InChI is InChI=1S/C22H13ClN2O/c23-15-10-11-20-18(12-15)17(14-6-2-1-3-7-14)13-21-24-19-9-5-4-8-16(19)22(26)25(20)21/h1-13H. The third kappa shape index (κ3) is 2.21. The van der Waals surface area contributed by atoms with E-state index in [2.05, 4.69) is 0 Å². The molecule has 0 saturated carbocycles. The molecule has 0 aliphatic heterocycles. The normalized spacial score (nSPS) is 11.4. The summed E-state index contributed by atoms with van der Waals surface area (Å²) in [7, 11) is 0. The van der Waals surface area contributed by atoms with Gasteiger partial charge in [0.1, 0.15) is 5.65 Å². The lowest BCUT2D eigenvalue weighted by Crippen LogP contribution is -2.16. The van der Waals surface area contributed by atoms with Gasteiger partial charge in [0.2, 0.25) is 0 Å². The van der Waals surface area contributed by atoms with Crippen LogP contribution in [-0.2, 0) is 0 Å². The molecule has 0 aliphatic carbocycles. The van der Waals surface area contributed by atoms with Crippen molar-refractivity contribution in [2.24, 2.45) is 0 Å². The summed E-state index contributed by atoms with van der Waals surface area (Å²) in [6, 6.07) is 25.0. The Balaban J connectivity index is 2.04. The average molecular weight is 357 g/mol. The quantitative estimate of drug-likeness (QED) is 0.301. The fraction of sp³-hybridized carbons (Fsp3) is 0. The van der Waals surface area contributed by atoms with Crippen molar-refractivity contribution < 1.29 is 0 Å². The van der Waals surface area contributed by atoms with Crippen LogP contribution < -0.4 is 5.56 Å².